The normalized spacial score (nSPS) is 14.9. The second-order valence-corrected chi connectivity index (χ2v) is 5.15. The molecule has 0 bridgehead atoms. The predicted octanol–water partition coefficient (Wildman–Crippen LogP) is 2.79. The van der Waals surface area contributed by atoms with Crippen molar-refractivity contribution in [3.8, 4) is 0 Å². The number of nitrogens with one attached hydrogen (secondary N) is 1. The number of carbonyl (C=O) groups is 1. The van der Waals surface area contributed by atoms with Crippen LogP contribution in [-0.2, 0) is 6.54 Å². The van der Waals surface area contributed by atoms with Crippen LogP contribution >= 0.6 is 15.9 Å². The lowest BCUT2D eigenvalue weighted by molar-refractivity contribution is 0.0959. The van der Waals surface area contributed by atoms with Gasteiger partial charge < -0.3 is 14.6 Å². The Hall–Kier alpha value is -1.59. The second kappa shape index (κ2) is 5.19. The van der Waals surface area contributed by atoms with Crippen LogP contribution in [0.3, 0.4) is 0 Å². The minimum absolute atomic E-state index is 0.109. The van der Waals surface area contributed by atoms with Gasteiger partial charge in [-0.25, -0.2) is 0 Å². The third-order valence-electron chi connectivity index (χ3n) is 3.14. The molecule has 0 saturated heterocycles. The largest absolute Gasteiger partial charge is 0.444 e. The Morgan fingerprint density at radius 2 is 2.11 bits per heavy atom. The number of furan rings is 1. The zero-order valence-corrected chi connectivity index (χ0v) is 11.8. The summed E-state index contributed by atoms with van der Waals surface area (Å²) in [6, 6.07) is 11.4. The summed E-state index contributed by atoms with van der Waals surface area (Å²) in [4.78, 5) is 14.3. The van der Waals surface area contributed by atoms with E-state index in [0.29, 0.717) is 17.0 Å². The van der Waals surface area contributed by atoms with Crippen molar-refractivity contribution in [2.45, 2.75) is 6.54 Å². The maximum atomic E-state index is 12.5. The van der Waals surface area contributed by atoms with E-state index in [-0.39, 0.29) is 5.91 Å². The van der Waals surface area contributed by atoms with Crippen molar-refractivity contribution >= 4 is 27.5 Å². The number of benzene rings is 1. The van der Waals surface area contributed by atoms with Gasteiger partial charge in [0.25, 0.3) is 5.91 Å². The molecule has 1 N–H and O–H groups in total. The van der Waals surface area contributed by atoms with Gasteiger partial charge >= 0.3 is 0 Å². The summed E-state index contributed by atoms with van der Waals surface area (Å²) in [5.41, 5.74) is 2.07. The number of hydrogen-bond donors (Lipinski definition) is 1. The van der Waals surface area contributed by atoms with Crippen molar-refractivity contribution in [3.05, 3.63) is 52.4 Å². The first-order valence-corrected chi connectivity index (χ1v) is 6.91. The molecule has 0 radical (unpaired) electrons. The summed E-state index contributed by atoms with van der Waals surface area (Å²) in [6.07, 6.45) is 0. The van der Waals surface area contributed by atoms with Crippen molar-refractivity contribution < 1.29 is 9.21 Å². The fourth-order valence-electron chi connectivity index (χ4n) is 2.23. The Morgan fingerprint density at radius 3 is 2.89 bits per heavy atom. The van der Waals surface area contributed by atoms with Crippen LogP contribution in [0.25, 0.3) is 0 Å². The van der Waals surface area contributed by atoms with Gasteiger partial charge in [0.2, 0.25) is 0 Å². The summed E-state index contributed by atoms with van der Waals surface area (Å²) in [5, 5.41) is 3.31. The van der Waals surface area contributed by atoms with Crippen molar-refractivity contribution in [1.82, 2.24) is 5.32 Å². The van der Waals surface area contributed by atoms with Crippen LogP contribution in [0, 0.1) is 0 Å². The van der Waals surface area contributed by atoms with Crippen LogP contribution < -0.4 is 10.2 Å². The SMILES string of the molecule is O=C(c1ccc(Br)o1)N1CCNCc2ccccc21. The summed E-state index contributed by atoms with van der Waals surface area (Å²) < 4.78 is 5.93. The van der Waals surface area contributed by atoms with Crippen molar-refractivity contribution in [2.75, 3.05) is 18.0 Å². The minimum Gasteiger partial charge on any atom is -0.444 e. The molecule has 19 heavy (non-hydrogen) atoms. The van der Waals surface area contributed by atoms with Crippen LogP contribution in [-0.4, -0.2) is 19.0 Å². The number of fused-ring (bicyclic) bond motifs is 1. The highest BCUT2D eigenvalue weighted by atomic mass is 79.9. The van der Waals surface area contributed by atoms with Gasteiger partial charge in [-0.15, -0.1) is 0 Å². The number of halogens is 1. The summed E-state index contributed by atoms with van der Waals surface area (Å²) >= 11 is 3.22. The van der Waals surface area contributed by atoms with E-state index in [0.717, 1.165) is 24.3 Å². The van der Waals surface area contributed by atoms with Gasteiger partial charge in [0.15, 0.2) is 10.4 Å². The van der Waals surface area contributed by atoms with Gasteiger partial charge in [-0.2, -0.15) is 0 Å². The molecule has 4 nitrogen and oxygen atoms in total. The topological polar surface area (TPSA) is 45.5 Å². The highest BCUT2D eigenvalue weighted by Crippen LogP contribution is 2.25. The molecule has 0 spiro atoms. The van der Waals surface area contributed by atoms with E-state index in [1.807, 2.05) is 24.3 Å². The van der Waals surface area contributed by atoms with Crippen LogP contribution in [0.5, 0.6) is 0 Å². The first kappa shape index (κ1) is 12.4. The lowest BCUT2D eigenvalue weighted by atomic mass is 10.1. The highest BCUT2D eigenvalue weighted by Gasteiger charge is 2.23. The molecule has 1 aliphatic rings. The lowest BCUT2D eigenvalue weighted by Gasteiger charge is -2.21. The highest BCUT2D eigenvalue weighted by molar-refractivity contribution is 9.10. The maximum absolute atomic E-state index is 12.5. The second-order valence-electron chi connectivity index (χ2n) is 4.37. The molecule has 98 valence electrons. The molecule has 1 aromatic carbocycles. The quantitative estimate of drug-likeness (QED) is 0.878. The fraction of sp³-hybridized carbons (Fsp3) is 0.214. The minimum atomic E-state index is -0.109. The average Bonchev–Trinajstić information content (AvgIpc) is 2.74. The average molecular weight is 321 g/mol. The Bertz CT molecular complexity index is 609. The van der Waals surface area contributed by atoms with E-state index in [9.17, 15) is 4.79 Å². The van der Waals surface area contributed by atoms with Gasteiger partial charge in [-0.05, 0) is 39.7 Å². The standard InChI is InChI=1S/C14H13BrN2O2/c15-13-6-5-12(19-13)14(18)17-8-7-16-9-10-3-1-2-4-11(10)17/h1-6,16H,7-9H2. The Kier molecular flexibility index (Phi) is 3.40. The van der Waals surface area contributed by atoms with Gasteiger partial charge in [0.1, 0.15) is 0 Å². The number of amides is 1. The molecule has 3 rings (SSSR count). The molecular formula is C14H13BrN2O2. The van der Waals surface area contributed by atoms with Crippen LogP contribution in [0.2, 0.25) is 0 Å². The fourth-order valence-corrected chi connectivity index (χ4v) is 2.54. The summed E-state index contributed by atoms with van der Waals surface area (Å²) in [6.45, 7) is 2.18. The van der Waals surface area contributed by atoms with Gasteiger partial charge in [-0.1, -0.05) is 18.2 Å². The van der Waals surface area contributed by atoms with Gasteiger partial charge in [0.05, 0.1) is 0 Å². The number of carbonyl (C=O) groups excluding carboxylic acids is 1. The predicted molar refractivity (Wildman–Crippen MR) is 76.2 cm³/mol. The molecule has 2 aromatic rings. The third kappa shape index (κ3) is 2.43. The van der Waals surface area contributed by atoms with Crippen LogP contribution in [0.4, 0.5) is 5.69 Å². The summed E-state index contributed by atoms with van der Waals surface area (Å²) in [7, 11) is 0. The molecule has 1 amide bonds. The number of para-hydroxylation sites is 1. The molecule has 5 heteroatoms. The first-order valence-electron chi connectivity index (χ1n) is 6.11. The molecule has 0 aliphatic carbocycles. The number of anilines is 1. The molecule has 0 fully saturated rings. The molecule has 2 heterocycles. The first-order chi connectivity index (χ1) is 9.25. The summed E-state index contributed by atoms with van der Waals surface area (Å²) in [5.74, 6) is 0.241. The number of hydrogen-bond acceptors (Lipinski definition) is 3. The van der Waals surface area contributed by atoms with E-state index in [1.165, 1.54) is 0 Å². The molecule has 0 atom stereocenters. The maximum Gasteiger partial charge on any atom is 0.294 e. The van der Waals surface area contributed by atoms with Crippen molar-refractivity contribution in [3.63, 3.8) is 0 Å². The van der Waals surface area contributed by atoms with E-state index in [2.05, 4.69) is 21.2 Å². The zero-order chi connectivity index (χ0) is 13.2. The van der Waals surface area contributed by atoms with Crippen LogP contribution in [0.1, 0.15) is 16.1 Å². The molecule has 1 aromatic heterocycles. The Labute approximate surface area is 119 Å². The van der Waals surface area contributed by atoms with Crippen molar-refractivity contribution in [1.29, 1.82) is 0 Å². The lowest BCUT2D eigenvalue weighted by Crippen LogP contribution is -2.34. The smallest absolute Gasteiger partial charge is 0.294 e. The molecule has 1 aliphatic heterocycles. The Morgan fingerprint density at radius 1 is 1.26 bits per heavy atom. The Balaban J connectivity index is 1.98. The molecule has 0 saturated carbocycles. The van der Waals surface area contributed by atoms with Crippen LogP contribution in [0.15, 0.2) is 45.5 Å². The van der Waals surface area contributed by atoms with E-state index in [4.69, 9.17) is 4.42 Å². The van der Waals surface area contributed by atoms with E-state index in [1.54, 1.807) is 17.0 Å². The number of nitrogens with zero attached hydrogens (tertiary/aromatic N) is 1. The zero-order valence-electron chi connectivity index (χ0n) is 10.2. The van der Waals surface area contributed by atoms with E-state index < -0.39 is 0 Å². The molecular weight excluding hydrogens is 308 g/mol. The monoisotopic (exact) mass is 320 g/mol. The van der Waals surface area contributed by atoms with Gasteiger partial charge in [-0.3, -0.25) is 4.79 Å². The van der Waals surface area contributed by atoms with E-state index >= 15 is 0 Å². The number of rotatable bonds is 1. The molecule has 0 unspecified atom stereocenters. The van der Waals surface area contributed by atoms with Crippen molar-refractivity contribution in [2.24, 2.45) is 0 Å². The van der Waals surface area contributed by atoms with Gasteiger partial charge in [0, 0.05) is 25.3 Å². The third-order valence-corrected chi connectivity index (χ3v) is 3.57.